The maximum Gasteiger partial charge on any atom is 0.313 e. The van der Waals surface area contributed by atoms with Crippen LogP contribution < -0.4 is 0 Å². The number of carbonyl (C=O) groups excluding carboxylic acids is 1. The Labute approximate surface area is 127 Å². The van der Waals surface area contributed by atoms with Crippen LogP contribution in [0.25, 0.3) is 0 Å². The molecule has 8 nitrogen and oxygen atoms in total. The number of carboxylic acids is 1. The van der Waals surface area contributed by atoms with E-state index in [9.17, 15) is 14.7 Å². The fraction of sp³-hybridized carbons (Fsp3) is 0.667. The van der Waals surface area contributed by atoms with Crippen LogP contribution in [0.3, 0.4) is 0 Å². The predicted octanol–water partition coefficient (Wildman–Crippen LogP) is 0.206. The van der Waals surface area contributed by atoms with Crippen LogP contribution in [0.5, 0.6) is 0 Å². The van der Waals surface area contributed by atoms with Crippen LogP contribution in [-0.4, -0.2) is 60.6 Å². The number of aromatic nitrogens is 3. The van der Waals surface area contributed by atoms with Crippen LogP contribution in [0, 0.1) is 0 Å². The lowest BCUT2D eigenvalue weighted by Gasteiger charge is -2.19. The number of hydrogen-bond donors (Lipinski definition) is 2. The minimum absolute atomic E-state index is 0.00627. The minimum Gasteiger partial charge on any atom is -0.481 e. The second-order valence-electron chi connectivity index (χ2n) is 4.21. The summed E-state index contributed by atoms with van der Waals surface area (Å²) in [6.45, 7) is 5.12. The number of carbonyl (C=O) groups is 2. The van der Waals surface area contributed by atoms with E-state index in [0.717, 1.165) is 11.8 Å². The number of aliphatic carboxylic acids is 1. The smallest absolute Gasteiger partial charge is 0.313 e. The van der Waals surface area contributed by atoms with E-state index in [0.29, 0.717) is 30.6 Å². The Morgan fingerprint density at radius 3 is 2.48 bits per heavy atom. The maximum atomic E-state index is 12.0. The molecule has 0 aromatic carbocycles. The third kappa shape index (κ3) is 5.01. The standard InChI is InChI=1S/C12H20N4O4S/c1-3-15(4-2)10(18)5-6-16-9(7-17)13-14-12(16)21-8-11(19)20/h17H,3-8H2,1-2H3,(H,19,20). The summed E-state index contributed by atoms with van der Waals surface area (Å²) in [6.07, 6.45) is 0.257. The molecule has 9 heteroatoms. The molecule has 0 aliphatic carbocycles. The van der Waals surface area contributed by atoms with Crippen LogP contribution in [0.1, 0.15) is 26.1 Å². The lowest BCUT2D eigenvalue weighted by atomic mass is 10.3. The first-order chi connectivity index (χ1) is 10.0. The highest BCUT2D eigenvalue weighted by atomic mass is 32.2. The van der Waals surface area contributed by atoms with Crippen molar-refractivity contribution in [1.29, 1.82) is 0 Å². The van der Waals surface area contributed by atoms with E-state index in [1.165, 1.54) is 0 Å². The molecule has 118 valence electrons. The molecular weight excluding hydrogens is 296 g/mol. The van der Waals surface area contributed by atoms with Crippen LogP contribution in [0.4, 0.5) is 0 Å². The lowest BCUT2D eigenvalue weighted by Crippen LogP contribution is -2.31. The van der Waals surface area contributed by atoms with Gasteiger partial charge in [-0.25, -0.2) is 0 Å². The zero-order valence-corrected chi connectivity index (χ0v) is 13.0. The summed E-state index contributed by atoms with van der Waals surface area (Å²) in [5.41, 5.74) is 0. The number of nitrogens with zero attached hydrogens (tertiary/aromatic N) is 4. The highest BCUT2D eigenvalue weighted by Gasteiger charge is 2.16. The highest BCUT2D eigenvalue weighted by Crippen LogP contribution is 2.17. The quantitative estimate of drug-likeness (QED) is 0.627. The molecule has 0 aliphatic rings. The molecule has 0 unspecified atom stereocenters. The van der Waals surface area contributed by atoms with Gasteiger partial charge < -0.3 is 19.7 Å². The largest absolute Gasteiger partial charge is 0.481 e. The second-order valence-corrected chi connectivity index (χ2v) is 5.15. The van der Waals surface area contributed by atoms with E-state index in [1.807, 2.05) is 13.8 Å². The first-order valence-corrected chi connectivity index (χ1v) is 7.67. The molecule has 0 radical (unpaired) electrons. The van der Waals surface area contributed by atoms with Gasteiger partial charge in [-0.1, -0.05) is 11.8 Å². The molecule has 1 aromatic rings. The number of hydrogen-bond acceptors (Lipinski definition) is 6. The Balaban J connectivity index is 2.73. The van der Waals surface area contributed by atoms with E-state index < -0.39 is 5.97 Å². The fourth-order valence-corrected chi connectivity index (χ4v) is 2.54. The van der Waals surface area contributed by atoms with Gasteiger partial charge in [0.1, 0.15) is 6.61 Å². The van der Waals surface area contributed by atoms with Crippen LogP contribution in [0.15, 0.2) is 5.16 Å². The lowest BCUT2D eigenvalue weighted by molar-refractivity contribution is -0.134. The average molecular weight is 316 g/mol. The molecule has 1 amide bonds. The summed E-state index contributed by atoms with van der Waals surface area (Å²) in [6, 6.07) is 0. The second kappa shape index (κ2) is 8.63. The zero-order chi connectivity index (χ0) is 15.8. The molecule has 1 heterocycles. The van der Waals surface area contributed by atoms with Crippen molar-refractivity contribution in [2.24, 2.45) is 0 Å². The number of amides is 1. The minimum atomic E-state index is -0.959. The number of rotatable bonds is 9. The van der Waals surface area contributed by atoms with Gasteiger partial charge in [0.05, 0.1) is 5.75 Å². The summed E-state index contributed by atoms with van der Waals surface area (Å²) < 4.78 is 1.59. The monoisotopic (exact) mass is 316 g/mol. The molecule has 2 N–H and O–H groups in total. The Morgan fingerprint density at radius 2 is 1.95 bits per heavy atom. The molecule has 1 aromatic heterocycles. The van der Waals surface area contributed by atoms with Gasteiger partial charge >= 0.3 is 5.97 Å². The Kier molecular flexibility index (Phi) is 7.17. The van der Waals surface area contributed by atoms with Gasteiger partial charge in [-0.2, -0.15) is 0 Å². The molecule has 1 rings (SSSR count). The molecule has 0 aliphatic heterocycles. The molecule has 0 fully saturated rings. The summed E-state index contributed by atoms with van der Waals surface area (Å²) in [5, 5.41) is 26.0. The molecule has 21 heavy (non-hydrogen) atoms. The van der Waals surface area contributed by atoms with Crippen LogP contribution in [-0.2, 0) is 22.7 Å². The Morgan fingerprint density at radius 1 is 1.29 bits per heavy atom. The van der Waals surface area contributed by atoms with Gasteiger partial charge in [0.2, 0.25) is 5.91 Å². The van der Waals surface area contributed by atoms with Crippen molar-refractivity contribution in [2.45, 2.75) is 38.6 Å². The molecular formula is C12H20N4O4S. The van der Waals surface area contributed by atoms with Gasteiger partial charge in [-0.15, -0.1) is 10.2 Å². The van der Waals surface area contributed by atoms with E-state index >= 15 is 0 Å². The molecule has 0 saturated heterocycles. The SMILES string of the molecule is CCN(CC)C(=O)CCn1c(CO)nnc1SCC(=O)O. The van der Waals surface area contributed by atoms with Crippen molar-refractivity contribution in [2.75, 3.05) is 18.8 Å². The summed E-state index contributed by atoms with van der Waals surface area (Å²) in [5.74, 6) is -0.769. The van der Waals surface area contributed by atoms with Crippen LogP contribution in [0.2, 0.25) is 0 Å². The summed E-state index contributed by atoms with van der Waals surface area (Å²) in [7, 11) is 0. The van der Waals surface area contributed by atoms with Gasteiger partial charge in [0.25, 0.3) is 0 Å². The summed E-state index contributed by atoms with van der Waals surface area (Å²) >= 11 is 1.02. The normalized spacial score (nSPS) is 10.6. The summed E-state index contributed by atoms with van der Waals surface area (Å²) in [4.78, 5) is 24.3. The fourth-order valence-electron chi connectivity index (χ4n) is 1.84. The molecule has 0 saturated carbocycles. The van der Waals surface area contributed by atoms with E-state index in [1.54, 1.807) is 9.47 Å². The van der Waals surface area contributed by atoms with Crippen molar-refractivity contribution in [3.8, 4) is 0 Å². The predicted molar refractivity (Wildman–Crippen MR) is 76.8 cm³/mol. The maximum absolute atomic E-state index is 12.0. The Hall–Kier alpha value is -1.61. The highest BCUT2D eigenvalue weighted by molar-refractivity contribution is 7.99. The number of aliphatic hydroxyl groups excluding tert-OH is 1. The average Bonchev–Trinajstić information content (AvgIpc) is 2.86. The topological polar surface area (TPSA) is 109 Å². The van der Waals surface area contributed by atoms with Crippen molar-refractivity contribution in [1.82, 2.24) is 19.7 Å². The van der Waals surface area contributed by atoms with Gasteiger partial charge in [-0.05, 0) is 13.8 Å². The van der Waals surface area contributed by atoms with E-state index in [4.69, 9.17) is 5.11 Å². The van der Waals surface area contributed by atoms with E-state index in [2.05, 4.69) is 10.2 Å². The van der Waals surface area contributed by atoms with Gasteiger partial charge in [-0.3, -0.25) is 9.59 Å². The Bertz CT molecular complexity index is 488. The van der Waals surface area contributed by atoms with Crippen molar-refractivity contribution >= 4 is 23.6 Å². The third-order valence-corrected chi connectivity index (χ3v) is 3.88. The van der Waals surface area contributed by atoms with Gasteiger partial charge in [0, 0.05) is 26.1 Å². The van der Waals surface area contributed by atoms with Crippen molar-refractivity contribution in [3.63, 3.8) is 0 Å². The van der Waals surface area contributed by atoms with Gasteiger partial charge in [0.15, 0.2) is 11.0 Å². The van der Waals surface area contributed by atoms with E-state index in [-0.39, 0.29) is 24.7 Å². The first kappa shape index (κ1) is 17.4. The molecule has 0 atom stereocenters. The third-order valence-electron chi connectivity index (χ3n) is 2.93. The van der Waals surface area contributed by atoms with Crippen molar-refractivity contribution < 1.29 is 19.8 Å². The number of aliphatic hydroxyl groups is 1. The molecule has 0 spiro atoms. The number of carboxylic acid groups (broad SMARTS) is 1. The van der Waals surface area contributed by atoms with Crippen molar-refractivity contribution in [3.05, 3.63) is 5.82 Å². The van der Waals surface area contributed by atoms with Crippen LogP contribution >= 0.6 is 11.8 Å². The zero-order valence-electron chi connectivity index (χ0n) is 12.2. The molecule has 0 bridgehead atoms. The number of thioether (sulfide) groups is 1. The first-order valence-electron chi connectivity index (χ1n) is 6.68.